The number of nitrogens with one attached hydrogen (secondary N) is 1. The number of rotatable bonds is 2. The third-order valence-electron chi connectivity index (χ3n) is 4.29. The second-order valence-electron chi connectivity index (χ2n) is 5.78. The molecule has 4 rings (SSSR count). The molecule has 0 atom stereocenters. The lowest BCUT2D eigenvalue weighted by atomic mass is 10.1. The molecule has 1 aromatic heterocycles. The van der Waals surface area contributed by atoms with Crippen LogP contribution in [-0.2, 0) is 18.0 Å². The van der Waals surface area contributed by atoms with Crippen LogP contribution < -0.4 is 10.6 Å². The molecular weight excluding hydrogens is 266 g/mol. The number of hydrogen-bond acceptors (Lipinski definition) is 5. The molecule has 2 aromatic rings. The molecule has 0 aliphatic carbocycles. The highest BCUT2D eigenvalue weighted by Crippen LogP contribution is 2.26. The Hall–Kier alpha value is -1.92. The van der Waals surface area contributed by atoms with Gasteiger partial charge in [0.2, 0.25) is 5.95 Å². The van der Waals surface area contributed by atoms with Crippen molar-refractivity contribution in [3.05, 3.63) is 29.3 Å². The Kier molecular flexibility index (Phi) is 3.12. The van der Waals surface area contributed by atoms with E-state index in [4.69, 9.17) is 10.5 Å². The van der Waals surface area contributed by atoms with Gasteiger partial charge in [0.05, 0.1) is 13.2 Å². The van der Waals surface area contributed by atoms with Crippen LogP contribution in [0.4, 0.5) is 5.95 Å². The van der Waals surface area contributed by atoms with Crippen LogP contribution in [0, 0.1) is 0 Å². The lowest BCUT2D eigenvalue weighted by Gasteiger charge is -2.28. The number of fused-ring (bicyclic) bond motifs is 1. The molecule has 0 saturated carbocycles. The fourth-order valence-corrected chi connectivity index (χ4v) is 2.94. The predicted octanol–water partition coefficient (Wildman–Crippen LogP) is 1.43. The Balaban J connectivity index is 1.57. The number of anilines is 1. The number of nitrogens with two attached hydrogens (primary N) is 1. The van der Waals surface area contributed by atoms with Crippen molar-refractivity contribution in [3.63, 3.8) is 0 Å². The van der Waals surface area contributed by atoms with Gasteiger partial charge < -0.3 is 15.4 Å². The summed E-state index contributed by atoms with van der Waals surface area (Å²) < 4.78 is 5.45. The first-order valence-corrected chi connectivity index (χ1v) is 7.42. The van der Waals surface area contributed by atoms with Crippen molar-refractivity contribution >= 4 is 5.95 Å². The molecule has 0 spiro atoms. The largest absolute Gasteiger partial charge is 0.372 e. The number of hydrogen-bond donors (Lipinski definition) is 2. The minimum Gasteiger partial charge on any atom is -0.372 e. The van der Waals surface area contributed by atoms with E-state index in [-0.39, 0.29) is 0 Å². The number of piperidine rings is 1. The molecule has 0 bridgehead atoms. The van der Waals surface area contributed by atoms with Gasteiger partial charge in [-0.15, -0.1) is 5.10 Å². The normalized spacial score (nSPS) is 19.0. The van der Waals surface area contributed by atoms with E-state index in [1.807, 2.05) is 0 Å². The summed E-state index contributed by atoms with van der Waals surface area (Å²) in [6, 6.07) is 6.64. The molecule has 2 aliphatic rings. The Morgan fingerprint density at radius 3 is 2.86 bits per heavy atom. The zero-order valence-electron chi connectivity index (χ0n) is 11.9. The van der Waals surface area contributed by atoms with Crippen molar-refractivity contribution in [3.8, 4) is 11.4 Å². The van der Waals surface area contributed by atoms with Crippen LogP contribution in [0.2, 0.25) is 0 Å². The second-order valence-corrected chi connectivity index (χ2v) is 5.78. The maximum absolute atomic E-state index is 5.94. The van der Waals surface area contributed by atoms with Crippen molar-refractivity contribution in [2.75, 3.05) is 18.0 Å². The van der Waals surface area contributed by atoms with E-state index in [1.54, 1.807) is 0 Å². The lowest BCUT2D eigenvalue weighted by molar-refractivity contribution is 0.134. The van der Waals surface area contributed by atoms with Crippen molar-refractivity contribution in [1.82, 2.24) is 15.2 Å². The molecule has 1 fully saturated rings. The Labute approximate surface area is 123 Å². The van der Waals surface area contributed by atoms with Crippen LogP contribution in [0.3, 0.4) is 0 Å². The molecule has 0 amide bonds. The summed E-state index contributed by atoms with van der Waals surface area (Å²) in [5.74, 6) is 1.59. The van der Waals surface area contributed by atoms with Crippen LogP contribution in [0.25, 0.3) is 11.4 Å². The third-order valence-corrected chi connectivity index (χ3v) is 4.29. The van der Waals surface area contributed by atoms with E-state index in [9.17, 15) is 0 Å². The smallest absolute Gasteiger partial charge is 0.245 e. The maximum atomic E-state index is 5.94. The van der Waals surface area contributed by atoms with Crippen LogP contribution in [0.15, 0.2) is 18.2 Å². The zero-order valence-corrected chi connectivity index (χ0v) is 11.9. The first-order chi connectivity index (χ1) is 10.3. The Morgan fingerprint density at radius 1 is 1.19 bits per heavy atom. The number of aromatic nitrogens is 3. The standard InChI is InChI=1S/C15H19N5O/c16-13-3-5-20(6-4-13)15-17-14(18-19-15)10-1-2-11-8-21-9-12(11)7-10/h1-2,7,13H,3-6,8-9,16H2,(H,17,18,19). The molecule has 21 heavy (non-hydrogen) atoms. The molecule has 0 unspecified atom stereocenters. The Morgan fingerprint density at radius 2 is 2.00 bits per heavy atom. The predicted molar refractivity (Wildman–Crippen MR) is 79.7 cm³/mol. The topological polar surface area (TPSA) is 80.1 Å². The highest BCUT2D eigenvalue weighted by atomic mass is 16.5. The van der Waals surface area contributed by atoms with Crippen LogP contribution in [0.5, 0.6) is 0 Å². The molecule has 1 saturated heterocycles. The van der Waals surface area contributed by atoms with E-state index < -0.39 is 0 Å². The van der Waals surface area contributed by atoms with Gasteiger partial charge in [0, 0.05) is 24.7 Å². The number of nitrogens with zero attached hydrogens (tertiary/aromatic N) is 3. The number of benzene rings is 1. The third kappa shape index (κ3) is 2.41. The summed E-state index contributed by atoms with van der Waals surface area (Å²) in [6.07, 6.45) is 2.00. The summed E-state index contributed by atoms with van der Waals surface area (Å²) in [5, 5.41) is 7.40. The van der Waals surface area contributed by atoms with Crippen molar-refractivity contribution < 1.29 is 4.74 Å². The summed E-state index contributed by atoms with van der Waals surface area (Å²) in [4.78, 5) is 6.83. The first-order valence-electron chi connectivity index (χ1n) is 7.42. The fraction of sp³-hybridized carbons (Fsp3) is 0.467. The van der Waals surface area contributed by atoms with Gasteiger partial charge in [-0.05, 0) is 30.0 Å². The number of aromatic amines is 1. The fourth-order valence-electron chi connectivity index (χ4n) is 2.94. The molecule has 2 aliphatic heterocycles. The molecule has 1 aromatic carbocycles. The lowest BCUT2D eigenvalue weighted by Crippen LogP contribution is -2.40. The molecule has 3 N–H and O–H groups in total. The first kappa shape index (κ1) is 12.8. The van der Waals surface area contributed by atoms with Crippen LogP contribution in [-0.4, -0.2) is 34.3 Å². The van der Waals surface area contributed by atoms with Gasteiger partial charge in [-0.25, -0.2) is 0 Å². The minimum atomic E-state index is 0.316. The number of ether oxygens (including phenoxy) is 1. The monoisotopic (exact) mass is 285 g/mol. The van der Waals surface area contributed by atoms with E-state index in [2.05, 4.69) is 38.3 Å². The van der Waals surface area contributed by atoms with E-state index in [0.717, 1.165) is 43.3 Å². The quantitative estimate of drug-likeness (QED) is 0.872. The second kappa shape index (κ2) is 5.13. The van der Waals surface area contributed by atoms with Crippen molar-refractivity contribution in [1.29, 1.82) is 0 Å². The highest BCUT2D eigenvalue weighted by molar-refractivity contribution is 5.59. The van der Waals surface area contributed by atoms with Crippen molar-refractivity contribution in [2.24, 2.45) is 5.73 Å². The zero-order chi connectivity index (χ0) is 14.2. The highest BCUT2D eigenvalue weighted by Gasteiger charge is 2.20. The van der Waals surface area contributed by atoms with E-state index >= 15 is 0 Å². The minimum absolute atomic E-state index is 0.316. The van der Waals surface area contributed by atoms with Gasteiger partial charge in [-0.3, -0.25) is 5.10 Å². The average Bonchev–Trinajstić information content (AvgIpc) is 3.16. The molecular formula is C15H19N5O. The Bertz CT molecular complexity index is 645. The summed E-state index contributed by atoms with van der Waals surface area (Å²) in [5.41, 5.74) is 9.51. The van der Waals surface area contributed by atoms with Gasteiger partial charge in [0.25, 0.3) is 0 Å². The van der Waals surface area contributed by atoms with Gasteiger partial charge in [0.1, 0.15) is 0 Å². The van der Waals surface area contributed by atoms with Gasteiger partial charge in [0.15, 0.2) is 5.82 Å². The molecule has 6 nitrogen and oxygen atoms in total. The van der Waals surface area contributed by atoms with E-state index in [0.29, 0.717) is 19.3 Å². The van der Waals surface area contributed by atoms with Gasteiger partial charge in [-0.2, -0.15) is 4.98 Å². The maximum Gasteiger partial charge on any atom is 0.245 e. The van der Waals surface area contributed by atoms with Gasteiger partial charge in [-0.1, -0.05) is 12.1 Å². The van der Waals surface area contributed by atoms with Crippen molar-refractivity contribution in [2.45, 2.75) is 32.1 Å². The summed E-state index contributed by atoms with van der Waals surface area (Å²) in [6.45, 7) is 3.26. The van der Waals surface area contributed by atoms with E-state index in [1.165, 1.54) is 11.1 Å². The molecule has 6 heteroatoms. The molecule has 3 heterocycles. The summed E-state index contributed by atoms with van der Waals surface area (Å²) >= 11 is 0. The molecule has 0 radical (unpaired) electrons. The summed E-state index contributed by atoms with van der Waals surface area (Å²) in [7, 11) is 0. The SMILES string of the molecule is NC1CCN(c2n[nH]c(-c3ccc4c(c3)COC4)n2)CC1. The average molecular weight is 285 g/mol. The molecule has 110 valence electrons. The van der Waals surface area contributed by atoms with Crippen LogP contribution in [0.1, 0.15) is 24.0 Å². The van der Waals surface area contributed by atoms with Gasteiger partial charge >= 0.3 is 0 Å². The number of H-pyrrole nitrogens is 1. The van der Waals surface area contributed by atoms with Crippen LogP contribution >= 0.6 is 0 Å².